The molecule has 0 aliphatic carbocycles. The van der Waals surface area contributed by atoms with Crippen molar-refractivity contribution in [1.82, 2.24) is 14.9 Å². The van der Waals surface area contributed by atoms with Crippen LogP contribution >= 0.6 is 0 Å². The van der Waals surface area contributed by atoms with Crippen molar-refractivity contribution < 1.29 is 22.0 Å². The minimum absolute atomic E-state index is 0.0219. The highest BCUT2D eigenvalue weighted by Gasteiger charge is 2.34. The molecule has 1 unspecified atom stereocenters. The second-order valence-corrected chi connectivity index (χ2v) is 9.12. The third kappa shape index (κ3) is 5.86. The number of piperidine rings is 2. The summed E-state index contributed by atoms with van der Waals surface area (Å²) in [5, 5.41) is 6.25. The van der Waals surface area contributed by atoms with Crippen molar-refractivity contribution in [1.29, 1.82) is 0 Å². The normalized spacial score (nSPS) is 22.9. The molecule has 0 bridgehead atoms. The lowest BCUT2D eigenvalue weighted by Gasteiger charge is -2.31. The van der Waals surface area contributed by atoms with E-state index in [9.17, 15) is 22.0 Å². The standard InChI is InChI=1S/C16H29F2N3O3S/c1-12(14-2-6-19-7-3-14)10-15(22)20-11-13-4-8-21(9-5-13)25(23,24)16(17)18/h12-14,16,19H,2-11H2,1H3,(H,20,22). The number of nitrogens with one attached hydrogen (secondary N) is 2. The first-order chi connectivity index (χ1) is 11.8. The second-order valence-electron chi connectivity index (χ2n) is 7.22. The second kappa shape index (κ2) is 9.23. The van der Waals surface area contributed by atoms with Crippen molar-refractivity contribution in [2.45, 2.75) is 44.8 Å². The summed E-state index contributed by atoms with van der Waals surface area (Å²) in [5.41, 5.74) is 0. The first kappa shape index (κ1) is 20.5. The molecule has 0 aromatic carbocycles. The average molecular weight is 381 g/mol. The predicted octanol–water partition coefficient (Wildman–Crippen LogP) is 1.39. The summed E-state index contributed by atoms with van der Waals surface area (Å²) in [7, 11) is -4.48. The highest BCUT2D eigenvalue weighted by atomic mass is 32.2. The summed E-state index contributed by atoms with van der Waals surface area (Å²) < 4.78 is 48.8. The third-order valence-electron chi connectivity index (χ3n) is 5.44. The van der Waals surface area contributed by atoms with Gasteiger partial charge >= 0.3 is 5.76 Å². The summed E-state index contributed by atoms with van der Waals surface area (Å²) in [6, 6.07) is 0. The molecule has 2 heterocycles. The Balaban J connectivity index is 1.67. The third-order valence-corrected chi connectivity index (χ3v) is 6.98. The maximum atomic E-state index is 12.5. The van der Waals surface area contributed by atoms with Crippen LogP contribution in [0.4, 0.5) is 8.78 Å². The van der Waals surface area contributed by atoms with Gasteiger partial charge in [-0.1, -0.05) is 6.92 Å². The molecule has 146 valence electrons. The van der Waals surface area contributed by atoms with Gasteiger partial charge in [-0.25, -0.2) is 8.42 Å². The number of hydrogen-bond acceptors (Lipinski definition) is 4. The van der Waals surface area contributed by atoms with Gasteiger partial charge in [0.05, 0.1) is 0 Å². The van der Waals surface area contributed by atoms with Crippen LogP contribution in [0.1, 0.15) is 39.0 Å². The van der Waals surface area contributed by atoms with Gasteiger partial charge in [0.1, 0.15) is 0 Å². The van der Waals surface area contributed by atoms with Gasteiger partial charge in [0.15, 0.2) is 0 Å². The van der Waals surface area contributed by atoms with Crippen molar-refractivity contribution in [2.24, 2.45) is 17.8 Å². The number of alkyl halides is 2. The van der Waals surface area contributed by atoms with Crippen molar-refractivity contribution in [2.75, 3.05) is 32.7 Å². The lowest BCUT2D eigenvalue weighted by atomic mass is 9.84. The van der Waals surface area contributed by atoms with Gasteiger partial charge in [0.25, 0.3) is 10.0 Å². The molecular weight excluding hydrogens is 352 g/mol. The Kier molecular flexibility index (Phi) is 7.57. The zero-order valence-corrected chi connectivity index (χ0v) is 15.5. The molecule has 0 aromatic heterocycles. The Hall–Kier alpha value is -0.800. The molecule has 0 saturated carbocycles. The van der Waals surface area contributed by atoms with E-state index >= 15 is 0 Å². The highest BCUT2D eigenvalue weighted by Crippen LogP contribution is 2.25. The number of sulfonamides is 1. The molecule has 0 spiro atoms. The minimum Gasteiger partial charge on any atom is -0.356 e. The van der Waals surface area contributed by atoms with Crippen LogP contribution in [0, 0.1) is 17.8 Å². The first-order valence-electron chi connectivity index (χ1n) is 9.05. The van der Waals surface area contributed by atoms with Crippen LogP contribution in [0.2, 0.25) is 0 Å². The molecule has 2 saturated heterocycles. The molecule has 2 aliphatic heterocycles. The first-order valence-corrected chi connectivity index (χ1v) is 10.6. The molecule has 2 aliphatic rings. The molecule has 1 atom stereocenters. The maximum absolute atomic E-state index is 12.5. The van der Waals surface area contributed by atoms with Gasteiger partial charge in [-0.15, -0.1) is 0 Å². The van der Waals surface area contributed by atoms with Crippen molar-refractivity contribution in [3.05, 3.63) is 0 Å². The fraction of sp³-hybridized carbons (Fsp3) is 0.938. The fourth-order valence-electron chi connectivity index (χ4n) is 3.68. The van der Waals surface area contributed by atoms with Crippen LogP contribution < -0.4 is 10.6 Å². The van der Waals surface area contributed by atoms with Crippen LogP contribution in [0.5, 0.6) is 0 Å². The topological polar surface area (TPSA) is 78.5 Å². The van der Waals surface area contributed by atoms with Crippen molar-refractivity contribution >= 4 is 15.9 Å². The fourth-order valence-corrected chi connectivity index (χ4v) is 4.63. The van der Waals surface area contributed by atoms with E-state index in [4.69, 9.17) is 0 Å². The number of hydrogen-bond donors (Lipinski definition) is 2. The lowest BCUT2D eigenvalue weighted by molar-refractivity contribution is -0.122. The van der Waals surface area contributed by atoms with Crippen LogP contribution in [-0.2, 0) is 14.8 Å². The van der Waals surface area contributed by atoms with E-state index < -0.39 is 15.8 Å². The van der Waals surface area contributed by atoms with Crippen molar-refractivity contribution in [3.8, 4) is 0 Å². The minimum atomic E-state index is -4.48. The number of halogens is 2. The Bertz CT molecular complexity index is 531. The number of carbonyl (C=O) groups is 1. The van der Waals surface area contributed by atoms with E-state index in [0.29, 0.717) is 37.6 Å². The molecule has 2 fully saturated rings. The molecule has 6 nitrogen and oxygen atoms in total. The molecule has 25 heavy (non-hydrogen) atoms. The number of nitrogens with zero attached hydrogens (tertiary/aromatic N) is 1. The monoisotopic (exact) mass is 381 g/mol. The van der Waals surface area contributed by atoms with E-state index in [1.165, 1.54) is 0 Å². The van der Waals surface area contributed by atoms with Gasteiger partial charge in [0.2, 0.25) is 5.91 Å². The van der Waals surface area contributed by atoms with E-state index in [1.807, 2.05) is 0 Å². The van der Waals surface area contributed by atoms with Gasteiger partial charge in [0, 0.05) is 26.1 Å². The van der Waals surface area contributed by atoms with Gasteiger partial charge in [-0.3, -0.25) is 4.79 Å². The Morgan fingerprint density at radius 1 is 1.20 bits per heavy atom. The maximum Gasteiger partial charge on any atom is 0.350 e. The number of carbonyl (C=O) groups excluding carboxylic acids is 1. The average Bonchev–Trinajstić information content (AvgIpc) is 2.61. The van der Waals surface area contributed by atoms with Gasteiger partial charge in [-0.2, -0.15) is 13.1 Å². The summed E-state index contributed by atoms with van der Waals surface area (Å²) in [5.74, 6) is -2.27. The van der Waals surface area contributed by atoms with Crippen LogP contribution in [-0.4, -0.2) is 57.1 Å². The summed E-state index contributed by atoms with van der Waals surface area (Å²) in [6.45, 7) is 4.81. The Morgan fingerprint density at radius 3 is 2.36 bits per heavy atom. The molecular formula is C16H29F2N3O3S. The zero-order valence-electron chi connectivity index (χ0n) is 14.7. The Morgan fingerprint density at radius 2 is 1.80 bits per heavy atom. The smallest absolute Gasteiger partial charge is 0.350 e. The quantitative estimate of drug-likeness (QED) is 0.699. The van der Waals surface area contributed by atoms with Gasteiger partial charge < -0.3 is 10.6 Å². The van der Waals surface area contributed by atoms with E-state index in [-0.39, 0.29) is 24.9 Å². The Labute approximate surface area is 148 Å². The van der Waals surface area contributed by atoms with Crippen molar-refractivity contribution in [3.63, 3.8) is 0 Å². The van der Waals surface area contributed by atoms with Gasteiger partial charge in [-0.05, 0) is 56.5 Å². The molecule has 2 N–H and O–H groups in total. The van der Waals surface area contributed by atoms with E-state index in [1.54, 1.807) is 0 Å². The summed E-state index contributed by atoms with van der Waals surface area (Å²) in [4.78, 5) is 12.1. The predicted molar refractivity (Wildman–Crippen MR) is 91.6 cm³/mol. The van der Waals surface area contributed by atoms with Crippen LogP contribution in [0.25, 0.3) is 0 Å². The highest BCUT2D eigenvalue weighted by molar-refractivity contribution is 7.89. The molecule has 1 amide bonds. The van der Waals surface area contributed by atoms with E-state index in [0.717, 1.165) is 30.2 Å². The number of rotatable bonds is 7. The van der Waals surface area contributed by atoms with E-state index in [2.05, 4.69) is 17.6 Å². The molecule has 2 rings (SSSR count). The molecule has 0 aromatic rings. The van der Waals surface area contributed by atoms with Crippen LogP contribution in [0.15, 0.2) is 0 Å². The largest absolute Gasteiger partial charge is 0.356 e. The zero-order chi connectivity index (χ0) is 18.4. The molecule has 9 heteroatoms. The van der Waals surface area contributed by atoms with Crippen LogP contribution in [0.3, 0.4) is 0 Å². The molecule has 0 radical (unpaired) electrons. The number of amides is 1. The SMILES string of the molecule is CC(CC(=O)NCC1CCN(S(=O)(=O)C(F)F)CC1)C1CCNCC1. The summed E-state index contributed by atoms with van der Waals surface area (Å²) in [6.07, 6.45) is 3.70. The summed E-state index contributed by atoms with van der Waals surface area (Å²) >= 11 is 0. The lowest BCUT2D eigenvalue weighted by Crippen LogP contribution is -2.43.